The van der Waals surface area contributed by atoms with Crippen LogP contribution in [0.25, 0.3) is 22.1 Å². The molecule has 396 valence electrons. The summed E-state index contributed by atoms with van der Waals surface area (Å²) in [6.45, 7) is 9.93. The van der Waals surface area contributed by atoms with Crippen LogP contribution in [-0.4, -0.2) is 116 Å². The van der Waals surface area contributed by atoms with E-state index >= 15 is 8.78 Å². The van der Waals surface area contributed by atoms with Gasteiger partial charge >= 0.3 is 12.2 Å². The van der Waals surface area contributed by atoms with Crippen molar-refractivity contribution in [2.45, 2.75) is 121 Å². The van der Waals surface area contributed by atoms with Crippen molar-refractivity contribution in [2.75, 3.05) is 50.2 Å². The smallest absolute Gasteiger partial charge is 0.407 e. The van der Waals surface area contributed by atoms with Gasteiger partial charge in [-0.15, -0.1) is 0 Å². The number of aromatic nitrogens is 6. The maximum atomic E-state index is 16.9. The first-order valence-electron chi connectivity index (χ1n) is 26.3. The maximum absolute atomic E-state index is 16.9. The lowest BCUT2D eigenvalue weighted by Crippen LogP contribution is -2.51. The maximum Gasteiger partial charge on any atom is 0.407 e. The number of hydrogen-bond donors (Lipinski definition) is 4. The van der Waals surface area contributed by atoms with Crippen molar-refractivity contribution in [1.82, 2.24) is 50.3 Å². The average Bonchev–Trinajstić information content (AvgIpc) is 4.29. The van der Waals surface area contributed by atoms with E-state index in [0.29, 0.717) is 101 Å². The van der Waals surface area contributed by atoms with Gasteiger partial charge in [0, 0.05) is 49.4 Å². The molecule has 6 aromatic rings. The minimum atomic E-state index is -0.812. The Morgan fingerprint density at radius 1 is 0.627 bits per heavy atom. The number of halogens is 2. The fraction of sp³-hybridized carbons (Fsp3) is 0.491. The minimum absolute atomic E-state index is 0.211. The van der Waals surface area contributed by atoms with Crippen LogP contribution in [0.2, 0.25) is 0 Å². The van der Waals surface area contributed by atoms with Gasteiger partial charge in [-0.05, 0) is 86.8 Å². The summed E-state index contributed by atoms with van der Waals surface area (Å²) in [6, 6.07) is 13.3. The standard InChI is InChI=1S/C55H66F2N12O6/c1-30(2)47(64-54(72)74-5)51(70)67-20-10-14-45(67)49-60-39-24-35(37(56)26-41(39)62-49)43-16-17-44(69(43)34-28-58-53(59-29-34)66-22-18-33(19-23-66)32-12-8-7-9-13-32)36-25-40-42(27-38(36)57)63-50(61-40)46-15-11-21-68(46)52(71)48(31(3)4)65-55(73)75-6/h7-9,12-13,24-31,33,43-48H,10-11,14-23H2,1-6H3,(H,60,62)(H,61,63)(H,64,72)(H,65,73)/t43-,44-,45+,46?,47+,48+/m1/s1. The number of H-pyrrole nitrogens is 2. The van der Waals surface area contributed by atoms with Gasteiger partial charge < -0.3 is 49.7 Å². The molecule has 4 amide bonds. The van der Waals surface area contributed by atoms with E-state index in [-0.39, 0.29) is 23.7 Å². The van der Waals surface area contributed by atoms with Crippen molar-refractivity contribution in [3.8, 4) is 0 Å². The van der Waals surface area contributed by atoms with Crippen LogP contribution in [0.15, 0.2) is 67.0 Å². The lowest BCUT2D eigenvalue weighted by atomic mass is 9.90. The Bertz CT molecular complexity index is 2900. The first-order chi connectivity index (χ1) is 36.2. The number of piperidine rings is 1. The Hall–Kier alpha value is -7.38. The molecule has 6 atom stereocenters. The second-order valence-corrected chi connectivity index (χ2v) is 21.0. The summed E-state index contributed by atoms with van der Waals surface area (Å²) >= 11 is 0. The topological polar surface area (TPSA) is 207 Å². The quantitative estimate of drug-likeness (QED) is 0.0855. The average molecular weight is 1030 g/mol. The molecular formula is C55H66F2N12O6. The number of ether oxygens (including phenoxy) is 2. The first-order valence-corrected chi connectivity index (χ1v) is 26.3. The normalized spacial score (nSPS) is 21.1. The summed E-state index contributed by atoms with van der Waals surface area (Å²) in [4.78, 5) is 86.3. The number of benzene rings is 3. The highest BCUT2D eigenvalue weighted by Crippen LogP contribution is 2.49. The molecule has 0 saturated carbocycles. The number of nitrogens with zero attached hydrogens (tertiary/aromatic N) is 8. The third-order valence-corrected chi connectivity index (χ3v) is 15.8. The van der Waals surface area contributed by atoms with Crippen LogP contribution in [0, 0.1) is 23.5 Å². The molecule has 4 aliphatic rings. The van der Waals surface area contributed by atoms with E-state index in [1.165, 1.54) is 31.9 Å². The SMILES string of the molecule is COC(=O)N[C@H](C(=O)N1CCCC1c1nc2cc(F)c([C@H]3CC[C@H](c4cc5[nH]c([C@@H]6CCCN6C(=O)[C@@H](NC(=O)OC)C(C)C)nc5cc4F)N3c3cnc(N4CCC(c5ccccc5)CC4)nc3)cc2[nH]1)C(C)C. The predicted molar refractivity (Wildman–Crippen MR) is 278 cm³/mol. The molecule has 3 aromatic carbocycles. The Kier molecular flexibility index (Phi) is 14.6. The summed E-state index contributed by atoms with van der Waals surface area (Å²) in [7, 11) is 2.51. The molecule has 0 bridgehead atoms. The van der Waals surface area contributed by atoms with Crippen molar-refractivity contribution >= 4 is 57.7 Å². The van der Waals surface area contributed by atoms with E-state index in [0.717, 1.165) is 38.8 Å². The van der Waals surface area contributed by atoms with Gasteiger partial charge in [-0.3, -0.25) is 9.59 Å². The lowest BCUT2D eigenvalue weighted by Gasteiger charge is -2.34. The molecule has 1 unspecified atom stereocenters. The summed E-state index contributed by atoms with van der Waals surface area (Å²) in [6.07, 6.45) is 7.64. The molecule has 75 heavy (non-hydrogen) atoms. The van der Waals surface area contributed by atoms with E-state index in [9.17, 15) is 19.2 Å². The molecule has 4 fully saturated rings. The van der Waals surface area contributed by atoms with Gasteiger partial charge in [0.2, 0.25) is 17.8 Å². The number of aromatic amines is 2. The van der Waals surface area contributed by atoms with Gasteiger partial charge in [0.05, 0.1) is 78.5 Å². The fourth-order valence-electron chi connectivity index (χ4n) is 11.9. The van der Waals surface area contributed by atoms with Crippen molar-refractivity contribution < 1.29 is 37.4 Å². The van der Waals surface area contributed by atoms with Crippen LogP contribution in [0.4, 0.5) is 30.0 Å². The van der Waals surface area contributed by atoms with Crippen LogP contribution >= 0.6 is 0 Å². The summed E-state index contributed by atoms with van der Waals surface area (Å²) in [5.74, 6) is 0.182. The summed E-state index contributed by atoms with van der Waals surface area (Å²) in [5, 5.41) is 5.37. The highest BCUT2D eigenvalue weighted by molar-refractivity contribution is 5.88. The Morgan fingerprint density at radius 2 is 1.09 bits per heavy atom. The van der Waals surface area contributed by atoms with Gasteiger partial charge in [0.25, 0.3) is 0 Å². The molecule has 7 heterocycles. The number of anilines is 2. The number of fused-ring (bicyclic) bond motifs is 2. The van der Waals surface area contributed by atoms with Crippen LogP contribution in [0.1, 0.15) is 137 Å². The summed E-state index contributed by atoms with van der Waals surface area (Å²) < 4.78 is 43.5. The molecule has 0 spiro atoms. The molecule has 4 aliphatic heterocycles. The molecule has 10 rings (SSSR count). The molecular weight excluding hydrogens is 963 g/mol. The van der Waals surface area contributed by atoms with Gasteiger partial charge in [-0.25, -0.2) is 38.3 Å². The van der Waals surface area contributed by atoms with Crippen LogP contribution in [0.3, 0.4) is 0 Å². The zero-order valence-corrected chi connectivity index (χ0v) is 43.3. The van der Waals surface area contributed by atoms with Crippen molar-refractivity contribution in [2.24, 2.45) is 11.8 Å². The highest BCUT2D eigenvalue weighted by atomic mass is 19.1. The van der Waals surface area contributed by atoms with Crippen molar-refractivity contribution in [3.05, 3.63) is 107 Å². The van der Waals surface area contributed by atoms with E-state index in [2.05, 4.69) is 49.8 Å². The van der Waals surface area contributed by atoms with Crippen LogP contribution in [-0.2, 0) is 19.1 Å². The van der Waals surface area contributed by atoms with Crippen molar-refractivity contribution in [1.29, 1.82) is 0 Å². The molecule has 20 heteroatoms. The zero-order valence-electron chi connectivity index (χ0n) is 43.3. The van der Waals surface area contributed by atoms with Gasteiger partial charge in [0.1, 0.15) is 35.4 Å². The van der Waals surface area contributed by atoms with E-state index in [1.54, 1.807) is 34.3 Å². The van der Waals surface area contributed by atoms with Crippen LogP contribution < -0.4 is 20.4 Å². The lowest BCUT2D eigenvalue weighted by molar-refractivity contribution is -0.136. The monoisotopic (exact) mass is 1030 g/mol. The largest absolute Gasteiger partial charge is 0.453 e. The second kappa shape index (κ2) is 21.5. The Morgan fingerprint density at radius 3 is 1.53 bits per heavy atom. The number of hydrogen-bond acceptors (Lipinski definition) is 12. The molecule has 4 N–H and O–H groups in total. The number of methoxy groups -OCH3 is 2. The van der Waals surface area contributed by atoms with E-state index in [4.69, 9.17) is 29.4 Å². The highest BCUT2D eigenvalue weighted by Gasteiger charge is 2.42. The number of carbonyl (C=O) groups is 4. The van der Waals surface area contributed by atoms with Gasteiger partial charge in [0.15, 0.2) is 0 Å². The van der Waals surface area contributed by atoms with Crippen LogP contribution in [0.5, 0.6) is 0 Å². The van der Waals surface area contributed by atoms with E-state index in [1.807, 2.05) is 38.7 Å². The zero-order chi connectivity index (χ0) is 52.7. The van der Waals surface area contributed by atoms with Crippen molar-refractivity contribution in [3.63, 3.8) is 0 Å². The molecule has 4 saturated heterocycles. The molecule has 0 radical (unpaired) electrons. The van der Waals surface area contributed by atoms with Gasteiger partial charge in [-0.1, -0.05) is 58.0 Å². The Balaban J connectivity index is 0.967. The number of rotatable bonds is 13. The fourth-order valence-corrected chi connectivity index (χ4v) is 11.9. The molecule has 18 nitrogen and oxygen atoms in total. The third-order valence-electron chi connectivity index (χ3n) is 15.8. The number of carbonyl (C=O) groups excluding carboxylic acids is 4. The third kappa shape index (κ3) is 10.1. The number of nitrogens with one attached hydrogen (secondary N) is 4. The second-order valence-electron chi connectivity index (χ2n) is 21.0. The summed E-state index contributed by atoms with van der Waals surface area (Å²) in [5.41, 5.74) is 4.66. The Labute approximate surface area is 434 Å². The number of alkyl carbamates (subject to hydrolysis) is 2. The number of likely N-dealkylation sites (tertiary alicyclic amines) is 2. The number of amides is 4. The van der Waals surface area contributed by atoms with Gasteiger partial charge in [-0.2, -0.15) is 0 Å². The first kappa shape index (κ1) is 51.1. The molecule has 0 aliphatic carbocycles. The molecule has 3 aromatic heterocycles. The van der Waals surface area contributed by atoms with E-state index < -0.39 is 60.1 Å². The number of imidazole rings is 2. The predicted octanol–water partition coefficient (Wildman–Crippen LogP) is 9.06. The minimum Gasteiger partial charge on any atom is -0.453 e.